The number of anilines is 1. The molecule has 10 heteroatoms. The summed E-state index contributed by atoms with van der Waals surface area (Å²) >= 11 is 7.62. The molecule has 0 saturated carbocycles. The summed E-state index contributed by atoms with van der Waals surface area (Å²) < 4.78 is 24.8. The summed E-state index contributed by atoms with van der Waals surface area (Å²) in [5.41, 5.74) is 0.684. The third-order valence-electron chi connectivity index (χ3n) is 2.69. The topological polar surface area (TPSA) is 106 Å². The second-order valence-corrected chi connectivity index (χ2v) is 7.58. The van der Waals surface area contributed by atoms with Gasteiger partial charge in [0.1, 0.15) is 16.9 Å². The Bertz CT molecular complexity index is 914. The molecule has 7 nitrogen and oxygen atoms in total. The lowest BCUT2D eigenvalue weighted by atomic mass is 10.1. The largest absolute Gasteiger partial charge is 0.296 e. The van der Waals surface area contributed by atoms with Gasteiger partial charge in [-0.05, 0) is 18.6 Å². The van der Waals surface area contributed by atoms with Crippen molar-refractivity contribution >= 4 is 71.0 Å². The minimum absolute atomic E-state index is 0.0298. The first-order valence-electron chi connectivity index (χ1n) is 5.77. The van der Waals surface area contributed by atoms with E-state index < -0.39 is 13.8 Å². The molecular weight excluding hydrogens is 445 g/mol. The van der Waals surface area contributed by atoms with Gasteiger partial charge in [-0.1, -0.05) is 11.6 Å². The minimum Gasteiger partial charge on any atom is -0.296 e. The molecule has 0 saturated heterocycles. The Morgan fingerprint density at radius 3 is 2.55 bits per heavy atom. The average molecular weight is 454 g/mol. The molecule has 0 aliphatic carbocycles. The third-order valence-corrected chi connectivity index (χ3v) is 4.26. The van der Waals surface area contributed by atoms with Gasteiger partial charge in [0.2, 0.25) is 13.8 Å². The van der Waals surface area contributed by atoms with Gasteiger partial charge in [-0.25, -0.2) is 18.4 Å². The standard InChI is InChI=1S/C12H9ClIN3O4S/c1-5-3-6-9(11(8(5)13)17-22(2,20)21)16-7(4-18)10(15-6)12(14)19/h3-4,17H,1-2H3. The van der Waals surface area contributed by atoms with E-state index in [1.807, 2.05) is 0 Å². The van der Waals surface area contributed by atoms with Crippen LogP contribution in [0.1, 0.15) is 26.5 Å². The number of hydrogen-bond donors (Lipinski definition) is 1. The molecule has 1 aromatic heterocycles. The lowest BCUT2D eigenvalue weighted by Gasteiger charge is -2.12. The van der Waals surface area contributed by atoms with Gasteiger partial charge in [0.05, 0.1) is 22.5 Å². The van der Waals surface area contributed by atoms with Crippen LogP contribution in [0, 0.1) is 6.92 Å². The number of benzene rings is 1. The molecule has 0 aliphatic heterocycles. The second-order valence-electron chi connectivity index (χ2n) is 4.47. The van der Waals surface area contributed by atoms with Crippen molar-refractivity contribution in [2.45, 2.75) is 6.92 Å². The zero-order valence-corrected chi connectivity index (χ0v) is 15.1. The summed E-state index contributed by atoms with van der Waals surface area (Å²) in [5, 5.41) is 0.151. The van der Waals surface area contributed by atoms with Crippen LogP contribution in [0.25, 0.3) is 11.0 Å². The molecule has 0 unspecified atom stereocenters. The Labute approximate surface area is 144 Å². The first kappa shape index (κ1) is 17.0. The fourth-order valence-electron chi connectivity index (χ4n) is 1.82. The first-order chi connectivity index (χ1) is 10.1. The van der Waals surface area contributed by atoms with E-state index >= 15 is 0 Å². The maximum atomic E-state index is 11.5. The fraction of sp³-hybridized carbons (Fsp3) is 0.167. The number of halogens is 2. The van der Waals surface area contributed by atoms with Crippen LogP contribution < -0.4 is 4.72 Å². The van der Waals surface area contributed by atoms with Crippen LogP contribution in [0.15, 0.2) is 6.07 Å². The van der Waals surface area contributed by atoms with Gasteiger partial charge in [-0.15, -0.1) is 0 Å². The summed E-state index contributed by atoms with van der Waals surface area (Å²) in [7, 11) is -3.61. The monoisotopic (exact) mass is 453 g/mol. The molecular formula is C12H9ClIN3O4S. The van der Waals surface area contributed by atoms with Crippen molar-refractivity contribution in [2.75, 3.05) is 11.0 Å². The molecule has 2 aromatic rings. The highest BCUT2D eigenvalue weighted by atomic mass is 127. The highest BCUT2D eigenvalue weighted by Crippen LogP contribution is 2.33. The highest BCUT2D eigenvalue weighted by molar-refractivity contribution is 14.1. The van der Waals surface area contributed by atoms with Crippen LogP contribution in [0.5, 0.6) is 0 Å². The molecule has 116 valence electrons. The molecule has 0 radical (unpaired) electrons. The van der Waals surface area contributed by atoms with E-state index in [-0.39, 0.29) is 33.1 Å². The van der Waals surface area contributed by atoms with E-state index in [9.17, 15) is 18.0 Å². The summed E-state index contributed by atoms with van der Waals surface area (Å²) in [6.07, 6.45) is 1.35. The number of carbonyl (C=O) groups is 2. The lowest BCUT2D eigenvalue weighted by Crippen LogP contribution is -2.12. The van der Waals surface area contributed by atoms with E-state index in [1.165, 1.54) is 22.6 Å². The van der Waals surface area contributed by atoms with Gasteiger partial charge in [-0.3, -0.25) is 14.3 Å². The van der Waals surface area contributed by atoms with Gasteiger partial charge in [0.25, 0.3) is 0 Å². The van der Waals surface area contributed by atoms with Crippen molar-refractivity contribution in [2.24, 2.45) is 0 Å². The lowest BCUT2D eigenvalue weighted by molar-refractivity contribution is 0.107. The molecule has 0 bridgehead atoms. The normalized spacial score (nSPS) is 11.5. The van der Waals surface area contributed by atoms with Crippen LogP contribution in [-0.2, 0) is 10.0 Å². The molecule has 0 atom stereocenters. The number of rotatable bonds is 4. The number of sulfonamides is 1. The van der Waals surface area contributed by atoms with Crippen LogP contribution in [0.4, 0.5) is 5.69 Å². The Morgan fingerprint density at radius 2 is 2.05 bits per heavy atom. The SMILES string of the molecule is Cc1cc2nc(C(=O)I)c(C=O)nc2c(NS(C)(=O)=O)c1Cl. The van der Waals surface area contributed by atoms with Crippen LogP contribution in [-0.4, -0.2) is 34.7 Å². The molecule has 0 fully saturated rings. The number of hydrogen-bond acceptors (Lipinski definition) is 6. The van der Waals surface area contributed by atoms with Crippen molar-refractivity contribution in [3.63, 3.8) is 0 Å². The Morgan fingerprint density at radius 1 is 1.41 bits per heavy atom. The molecule has 22 heavy (non-hydrogen) atoms. The smallest absolute Gasteiger partial charge is 0.242 e. The highest BCUT2D eigenvalue weighted by Gasteiger charge is 2.19. The average Bonchev–Trinajstić information content (AvgIpc) is 2.41. The number of fused-ring (bicyclic) bond motifs is 1. The van der Waals surface area contributed by atoms with Crippen molar-refractivity contribution in [1.82, 2.24) is 9.97 Å². The maximum absolute atomic E-state index is 11.5. The van der Waals surface area contributed by atoms with Gasteiger partial charge >= 0.3 is 0 Å². The number of aldehydes is 1. The van der Waals surface area contributed by atoms with Crippen molar-refractivity contribution in [3.8, 4) is 0 Å². The number of aryl methyl sites for hydroxylation is 1. The van der Waals surface area contributed by atoms with Gasteiger partial charge in [0.15, 0.2) is 6.29 Å². The molecule has 0 amide bonds. The number of nitrogens with one attached hydrogen (secondary N) is 1. The minimum atomic E-state index is -3.61. The van der Waals surface area contributed by atoms with Crippen LogP contribution >= 0.6 is 34.2 Å². The van der Waals surface area contributed by atoms with Gasteiger partial charge in [0, 0.05) is 22.6 Å². The van der Waals surface area contributed by atoms with Crippen LogP contribution in [0.2, 0.25) is 5.02 Å². The summed E-state index contributed by atoms with van der Waals surface area (Å²) in [6, 6.07) is 1.57. The third kappa shape index (κ3) is 3.36. The van der Waals surface area contributed by atoms with Crippen LogP contribution in [0.3, 0.4) is 0 Å². The number of carbonyl (C=O) groups excluding carboxylic acids is 2. The van der Waals surface area contributed by atoms with Crippen molar-refractivity contribution < 1.29 is 18.0 Å². The number of aromatic nitrogens is 2. The van der Waals surface area contributed by atoms with E-state index in [1.54, 1.807) is 13.0 Å². The predicted octanol–water partition coefficient (Wildman–Crippen LogP) is 2.35. The Hall–Kier alpha value is -1.33. The Kier molecular flexibility index (Phi) is 4.68. The number of nitrogens with zero attached hydrogens (tertiary/aromatic N) is 2. The summed E-state index contributed by atoms with van der Waals surface area (Å²) in [5.74, 6) is 0. The van der Waals surface area contributed by atoms with Crippen molar-refractivity contribution in [1.29, 1.82) is 0 Å². The zero-order valence-electron chi connectivity index (χ0n) is 11.3. The summed E-state index contributed by atoms with van der Waals surface area (Å²) in [6.45, 7) is 1.66. The molecule has 1 N–H and O–H groups in total. The quantitative estimate of drug-likeness (QED) is 0.433. The van der Waals surface area contributed by atoms with Gasteiger partial charge in [-0.2, -0.15) is 0 Å². The van der Waals surface area contributed by atoms with E-state index in [4.69, 9.17) is 11.6 Å². The first-order valence-corrected chi connectivity index (χ1v) is 9.12. The second kappa shape index (κ2) is 6.05. The zero-order chi connectivity index (χ0) is 16.7. The molecule has 0 aliphatic rings. The Balaban J connectivity index is 2.91. The van der Waals surface area contributed by atoms with Crippen molar-refractivity contribution in [3.05, 3.63) is 28.0 Å². The molecule has 2 rings (SSSR count). The van der Waals surface area contributed by atoms with E-state index in [2.05, 4.69) is 14.7 Å². The molecule has 0 spiro atoms. The van der Waals surface area contributed by atoms with E-state index in [0.717, 1.165) is 6.26 Å². The fourth-order valence-corrected chi connectivity index (χ4v) is 3.03. The maximum Gasteiger partial charge on any atom is 0.242 e. The van der Waals surface area contributed by atoms with E-state index in [0.29, 0.717) is 11.8 Å². The summed E-state index contributed by atoms with van der Waals surface area (Å²) in [4.78, 5) is 30.7. The predicted molar refractivity (Wildman–Crippen MR) is 91.5 cm³/mol. The van der Waals surface area contributed by atoms with Gasteiger partial charge < -0.3 is 0 Å². The molecule has 1 heterocycles. The molecule has 1 aromatic carbocycles.